The molecule has 0 spiro atoms. The molecule has 7 nitrogen and oxygen atoms in total. The van der Waals surface area contributed by atoms with Crippen LogP contribution in [0.1, 0.15) is 16.7 Å². The van der Waals surface area contributed by atoms with Gasteiger partial charge in [-0.2, -0.15) is 0 Å². The van der Waals surface area contributed by atoms with Crippen LogP contribution in [-0.4, -0.2) is 35.9 Å². The van der Waals surface area contributed by atoms with Gasteiger partial charge in [-0.1, -0.05) is 42.1 Å². The van der Waals surface area contributed by atoms with Gasteiger partial charge >= 0.3 is 0 Å². The molecule has 0 fully saturated rings. The lowest BCUT2D eigenvalue weighted by Gasteiger charge is -2.12. The van der Waals surface area contributed by atoms with Gasteiger partial charge in [-0.05, 0) is 42.7 Å². The summed E-state index contributed by atoms with van der Waals surface area (Å²) in [5.41, 5.74) is 4.46. The maximum absolute atomic E-state index is 12.4. The Balaban J connectivity index is 1.62. The van der Waals surface area contributed by atoms with E-state index in [-0.39, 0.29) is 18.2 Å². The summed E-state index contributed by atoms with van der Waals surface area (Å²) in [6, 6.07) is 13.2. The number of benzene rings is 2. The molecule has 0 bridgehead atoms. The number of hydrogen-bond acceptors (Lipinski definition) is 5. The third-order valence-corrected chi connectivity index (χ3v) is 5.91. The topological polar surface area (TPSA) is 93.1 Å². The Kier molecular flexibility index (Phi) is 6.84. The van der Waals surface area contributed by atoms with Gasteiger partial charge in [0.1, 0.15) is 0 Å². The number of rotatable bonds is 8. The van der Waals surface area contributed by atoms with E-state index in [2.05, 4.69) is 33.2 Å². The molecule has 0 atom stereocenters. The van der Waals surface area contributed by atoms with Crippen molar-refractivity contribution in [1.29, 1.82) is 0 Å². The fourth-order valence-corrected chi connectivity index (χ4v) is 4.30. The molecule has 9 heteroatoms. The number of hydrogen-bond donors (Lipinski definition) is 2. The molecule has 2 aromatic carbocycles. The third-order valence-electron chi connectivity index (χ3n) is 4.35. The zero-order valence-corrected chi connectivity index (χ0v) is 18.7. The van der Waals surface area contributed by atoms with Crippen LogP contribution in [0.4, 0.5) is 5.69 Å². The molecule has 1 heterocycles. The molecule has 0 saturated heterocycles. The number of anilines is 1. The van der Waals surface area contributed by atoms with E-state index in [4.69, 9.17) is 0 Å². The van der Waals surface area contributed by atoms with Crippen LogP contribution >= 0.6 is 11.8 Å². The Morgan fingerprint density at radius 2 is 1.93 bits per heavy atom. The lowest BCUT2D eigenvalue weighted by atomic mass is 10.1. The number of para-hydroxylation sites is 1. The third kappa shape index (κ3) is 5.87. The van der Waals surface area contributed by atoms with Crippen LogP contribution in [0.2, 0.25) is 0 Å². The Morgan fingerprint density at radius 3 is 2.70 bits per heavy atom. The van der Waals surface area contributed by atoms with Crippen molar-refractivity contribution in [2.24, 2.45) is 0 Å². The molecule has 0 unspecified atom stereocenters. The Bertz CT molecular complexity index is 1160. The number of imidazole rings is 1. The summed E-state index contributed by atoms with van der Waals surface area (Å²) in [7, 11) is -3.39. The van der Waals surface area contributed by atoms with Gasteiger partial charge in [-0.25, -0.2) is 13.4 Å². The van der Waals surface area contributed by atoms with Crippen LogP contribution in [0.5, 0.6) is 0 Å². The Labute approximate surface area is 181 Å². The van der Waals surface area contributed by atoms with Gasteiger partial charge < -0.3 is 5.32 Å². The molecule has 3 rings (SSSR count). The zero-order valence-electron chi connectivity index (χ0n) is 17.0. The minimum Gasteiger partial charge on any atom is -0.351 e. The second kappa shape index (κ2) is 9.36. The monoisotopic (exact) mass is 444 g/mol. The lowest BCUT2D eigenvalue weighted by molar-refractivity contribution is -0.118. The summed E-state index contributed by atoms with van der Waals surface area (Å²) < 4.78 is 27.5. The number of carbonyl (C=O) groups is 1. The highest BCUT2D eigenvalue weighted by atomic mass is 32.2. The summed E-state index contributed by atoms with van der Waals surface area (Å²) in [4.78, 5) is 16.7. The van der Waals surface area contributed by atoms with E-state index in [0.717, 1.165) is 28.2 Å². The van der Waals surface area contributed by atoms with Crippen molar-refractivity contribution in [3.63, 3.8) is 0 Å². The average molecular weight is 445 g/mol. The molecule has 0 saturated carbocycles. The van der Waals surface area contributed by atoms with Gasteiger partial charge in [-0.3, -0.25) is 14.1 Å². The van der Waals surface area contributed by atoms with Crippen LogP contribution in [0, 0.1) is 13.8 Å². The number of thioether (sulfide) groups is 1. The lowest BCUT2D eigenvalue weighted by Crippen LogP contribution is -2.25. The number of sulfonamides is 1. The first-order valence-corrected chi connectivity index (χ1v) is 12.2. The number of nitrogens with one attached hydrogen (secondary N) is 2. The molecule has 0 aliphatic rings. The van der Waals surface area contributed by atoms with Crippen LogP contribution < -0.4 is 10.0 Å². The molecule has 2 N–H and O–H groups in total. The number of carbonyl (C=O) groups excluding carboxylic acids is 1. The van der Waals surface area contributed by atoms with Crippen LogP contribution in [0.3, 0.4) is 0 Å². The van der Waals surface area contributed by atoms with E-state index in [9.17, 15) is 13.2 Å². The predicted molar refractivity (Wildman–Crippen MR) is 121 cm³/mol. The number of amides is 1. The smallest absolute Gasteiger partial charge is 0.230 e. The number of aryl methyl sites for hydroxylation is 2. The Morgan fingerprint density at radius 1 is 1.17 bits per heavy atom. The maximum atomic E-state index is 12.4. The predicted octanol–water partition coefficient (Wildman–Crippen LogP) is 3.27. The van der Waals surface area contributed by atoms with Crippen molar-refractivity contribution in [3.8, 4) is 5.69 Å². The van der Waals surface area contributed by atoms with Crippen molar-refractivity contribution in [3.05, 3.63) is 71.5 Å². The number of aromatic nitrogens is 2. The van der Waals surface area contributed by atoms with Gasteiger partial charge in [0, 0.05) is 18.9 Å². The van der Waals surface area contributed by atoms with Gasteiger partial charge in [0.25, 0.3) is 0 Å². The van der Waals surface area contributed by atoms with Crippen LogP contribution in [0.15, 0.2) is 60.0 Å². The molecular formula is C21H24N4O3S2. The molecule has 1 aromatic heterocycles. The summed E-state index contributed by atoms with van der Waals surface area (Å²) >= 11 is 1.35. The first-order valence-electron chi connectivity index (χ1n) is 9.29. The first-order chi connectivity index (χ1) is 14.2. The first kappa shape index (κ1) is 21.9. The molecule has 3 aromatic rings. The van der Waals surface area contributed by atoms with E-state index < -0.39 is 10.0 Å². The second-order valence-corrected chi connectivity index (χ2v) is 9.66. The van der Waals surface area contributed by atoms with Crippen molar-refractivity contribution < 1.29 is 13.2 Å². The average Bonchev–Trinajstić information content (AvgIpc) is 3.14. The van der Waals surface area contributed by atoms with E-state index in [1.807, 2.05) is 24.6 Å². The van der Waals surface area contributed by atoms with Gasteiger partial charge in [-0.15, -0.1) is 0 Å². The molecule has 158 valence electrons. The summed E-state index contributed by atoms with van der Waals surface area (Å²) in [5.74, 6) is 0.0356. The van der Waals surface area contributed by atoms with E-state index in [1.165, 1.54) is 11.8 Å². The molecule has 0 aliphatic heterocycles. The molecule has 0 aliphatic carbocycles. The fraction of sp³-hybridized carbons (Fsp3) is 0.238. The van der Waals surface area contributed by atoms with E-state index in [1.54, 1.807) is 30.5 Å². The van der Waals surface area contributed by atoms with E-state index >= 15 is 0 Å². The standard InChI is InChI=1S/C21H24N4O3S2/c1-15-8-9-16(2)19(12-15)25-11-10-22-21(25)29-14-20(26)23-13-17-6-4-5-7-18(17)24-30(3,27)28/h4-12,24H,13-14H2,1-3H3,(H,23,26). The summed E-state index contributed by atoms with van der Waals surface area (Å²) in [6.45, 7) is 4.30. The second-order valence-electron chi connectivity index (χ2n) is 6.97. The van der Waals surface area contributed by atoms with Gasteiger partial charge in [0.2, 0.25) is 15.9 Å². The van der Waals surface area contributed by atoms with E-state index in [0.29, 0.717) is 11.3 Å². The van der Waals surface area contributed by atoms with Crippen molar-refractivity contribution >= 4 is 33.4 Å². The quantitative estimate of drug-likeness (QED) is 0.520. The highest BCUT2D eigenvalue weighted by Gasteiger charge is 2.12. The minimum absolute atomic E-state index is 0.162. The fourth-order valence-electron chi connectivity index (χ4n) is 2.91. The van der Waals surface area contributed by atoms with Gasteiger partial charge in [0.15, 0.2) is 5.16 Å². The summed E-state index contributed by atoms with van der Waals surface area (Å²) in [5, 5.41) is 3.57. The molecule has 0 radical (unpaired) electrons. The normalized spacial score (nSPS) is 11.3. The SMILES string of the molecule is Cc1ccc(C)c(-n2ccnc2SCC(=O)NCc2ccccc2NS(C)(=O)=O)c1. The largest absolute Gasteiger partial charge is 0.351 e. The van der Waals surface area contributed by atoms with Crippen molar-refractivity contribution in [2.75, 3.05) is 16.7 Å². The van der Waals surface area contributed by atoms with Crippen molar-refractivity contribution in [2.45, 2.75) is 25.5 Å². The van der Waals surface area contributed by atoms with Gasteiger partial charge in [0.05, 0.1) is 23.4 Å². The molecular weight excluding hydrogens is 420 g/mol. The highest BCUT2D eigenvalue weighted by molar-refractivity contribution is 7.99. The zero-order chi connectivity index (χ0) is 21.7. The van der Waals surface area contributed by atoms with Crippen LogP contribution in [-0.2, 0) is 21.4 Å². The molecule has 30 heavy (non-hydrogen) atoms. The maximum Gasteiger partial charge on any atom is 0.230 e. The van der Waals surface area contributed by atoms with Crippen molar-refractivity contribution in [1.82, 2.24) is 14.9 Å². The van der Waals surface area contributed by atoms with Crippen LogP contribution in [0.25, 0.3) is 5.69 Å². The molecule has 1 amide bonds. The Hall–Kier alpha value is -2.78. The minimum atomic E-state index is -3.39. The summed E-state index contributed by atoms with van der Waals surface area (Å²) in [6.07, 6.45) is 4.70. The highest BCUT2D eigenvalue weighted by Crippen LogP contribution is 2.23. The number of nitrogens with zero attached hydrogens (tertiary/aromatic N) is 2.